The Bertz CT molecular complexity index is 858. The van der Waals surface area contributed by atoms with E-state index in [1.165, 1.54) is 16.7 Å². The van der Waals surface area contributed by atoms with Gasteiger partial charge in [-0.1, -0.05) is 12.1 Å². The Morgan fingerprint density at radius 2 is 1.83 bits per heavy atom. The monoisotopic (exact) mass is 415 g/mol. The maximum Gasteiger partial charge on any atom is 0.267 e. The van der Waals surface area contributed by atoms with Gasteiger partial charge in [0.1, 0.15) is 11.5 Å². The Morgan fingerprint density at radius 1 is 1.03 bits per heavy atom. The number of ether oxygens (including phenoxy) is 2. The van der Waals surface area contributed by atoms with E-state index in [-0.39, 0.29) is 11.8 Å². The number of carbonyl (C=O) groups is 2. The zero-order valence-electron chi connectivity index (χ0n) is 16.7. The molecule has 7 heteroatoms. The lowest BCUT2D eigenvalue weighted by molar-refractivity contribution is -0.136. The fourth-order valence-electron chi connectivity index (χ4n) is 3.04. The summed E-state index contributed by atoms with van der Waals surface area (Å²) < 4.78 is 16.2. The maximum atomic E-state index is 13.1. The largest absolute Gasteiger partial charge is 0.494 e. The van der Waals surface area contributed by atoms with Crippen LogP contribution in [0.15, 0.2) is 52.0 Å². The molecule has 1 aromatic heterocycles. The lowest BCUT2D eigenvalue weighted by Gasteiger charge is -2.15. The summed E-state index contributed by atoms with van der Waals surface area (Å²) >= 11 is 1.33. The van der Waals surface area contributed by atoms with Gasteiger partial charge in [0.05, 0.1) is 29.1 Å². The average molecular weight is 416 g/mol. The summed E-state index contributed by atoms with van der Waals surface area (Å²) in [6.45, 7) is 5.86. The van der Waals surface area contributed by atoms with Crippen LogP contribution in [0.25, 0.3) is 5.57 Å². The number of nitrogens with zero attached hydrogens (tertiary/aromatic N) is 1. The molecule has 0 bridgehead atoms. The zero-order valence-corrected chi connectivity index (χ0v) is 17.5. The number of thioether (sulfide) groups is 1. The Morgan fingerprint density at radius 3 is 2.48 bits per heavy atom. The third-order valence-electron chi connectivity index (χ3n) is 4.39. The highest BCUT2D eigenvalue weighted by atomic mass is 32.2. The Kier molecular flexibility index (Phi) is 7.55. The first-order chi connectivity index (χ1) is 14.2. The second-order valence-corrected chi connectivity index (χ2v) is 7.33. The summed E-state index contributed by atoms with van der Waals surface area (Å²) in [6.07, 6.45) is 2.21. The summed E-state index contributed by atoms with van der Waals surface area (Å²) in [7, 11) is 0. The summed E-state index contributed by atoms with van der Waals surface area (Å²) in [5.41, 5.74) is 1.15. The molecule has 0 saturated carbocycles. The fraction of sp³-hybridized carbons (Fsp3) is 0.364. The standard InChI is InChI=1S/C22H25NO5S/c1-3-26-13-6-12-23-21(24)19(16-8-10-17(11-9-16)27-4-2)20(22(23)25)29-15-18-7-5-14-28-18/h5,7-11,14H,3-4,6,12-13,15H2,1-2H3. The molecule has 0 saturated heterocycles. The SMILES string of the molecule is CCOCCCN1C(=O)C(SCc2ccco2)=C(c2ccc(OCC)cc2)C1=O. The van der Waals surface area contributed by atoms with Crippen LogP contribution in [0.2, 0.25) is 0 Å². The molecule has 2 aromatic rings. The summed E-state index contributed by atoms with van der Waals surface area (Å²) in [5.74, 6) is 1.44. The van der Waals surface area contributed by atoms with Gasteiger partial charge in [-0.25, -0.2) is 0 Å². The normalized spacial score (nSPS) is 14.2. The third kappa shape index (κ3) is 5.10. The van der Waals surface area contributed by atoms with Crippen LogP contribution >= 0.6 is 11.8 Å². The van der Waals surface area contributed by atoms with E-state index in [9.17, 15) is 9.59 Å². The van der Waals surface area contributed by atoms with Gasteiger partial charge in [-0.15, -0.1) is 11.8 Å². The van der Waals surface area contributed by atoms with E-state index in [4.69, 9.17) is 13.9 Å². The van der Waals surface area contributed by atoms with Crippen molar-refractivity contribution in [3.8, 4) is 5.75 Å². The highest BCUT2D eigenvalue weighted by Crippen LogP contribution is 2.38. The second kappa shape index (κ2) is 10.3. The number of hydrogen-bond donors (Lipinski definition) is 0. The van der Waals surface area contributed by atoms with Gasteiger partial charge in [0.2, 0.25) is 0 Å². The summed E-state index contributed by atoms with van der Waals surface area (Å²) in [5, 5.41) is 0. The lowest BCUT2D eigenvalue weighted by atomic mass is 10.1. The van der Waals surface area contributed by atoms with Crippen molar-refractivity contribution in [1.82, 2.24) is 4.90 Å². The molecule has 0 N–H and O–H groups in total. The molecule has 1 aliphatic heterocycles. The van der Waals surface area contributed by atoms with Gasteiger partial charge < -0.3 is 13.9 Å². The number of amides is 2. The smallest absolute Gasteiger partial charge is 0.267 e. The van der Waals surface area contributed by atoms with Crippen molar-refractivity contribution < 1.29 is 23.5 Å². The molecule has 29 heavy (non-hydrogen) atoms. The first-order valence-corrected chi connectivity index (χ1v) is 10.7. The Balaban J connectivity index is 1.84. The Hall–Kier alpha value is -2.51. The molecule has 1 aliphatic rings. The van der Waals surface area contributed by atoms with Crippen molar-refractivity contribution in [2.24, 2.45) is 0 Å². The Labute approximate surface area is 174 Å². The predicted molar refractivity (Wildman–Crippen MR) is 112 cm³/mol. The molecule has 1 aromatic carbocycles. The third-order valence-corrected chi connectivity index (χ3v) is 5.49. The number of benzene rings is 1. The summed E-state index contributed by atoms with van der Waals surface area (Å²) in [6, 6.07) is 10.9. The van der Waals surface area contributed by atoms with Gasteiger partial charge >= 0.3 is 0 Å². The predicted octanol–water partition coefficient (Wildman–Crippen LogP) is 4.12. The highest BCUT2D eigenvalue weighted by molar-refractivity contribution is 8.03. The average Bonchev–Trinajstić information content (AvgIpc) is 3.32. The molecule has 3 rings (SSSR count). The van der Waals surface area contributed by atoms with E-state index in [2.05, 4.69) is 0 Å². The van der Waals surface area contributed by atoms with E-state index < -0.39 is 0 Å². The zero-order chi connectivity index (χ0) is 20.6. The van der Waals surface area contributed by atoms with Gasteiger partial charge in [0.15, 0.2) is 0 Å². The molecular weight excluding hydrogens is 390 g/mol. The van der Waals surface area contributed by atoms with E-state index in [0.29, 0.717) is 54.6 Å². The van der Waals surface area contributed by atoms with Crippen molar-refractivity contribution in [2.75, 3.05) is 26.4 Å². The van der Waals surface area contributed by atoms with Crippen molar-refractivity contribution in [3.05, 3.63) is 58.9 Å². The van der Waals surface area contributed by atoms with Crippen LogP contribution in [-0.4, -0.2) is 43.1 Å². The lowest BCUT2D eigenvalue weighted by Crippen LogP contribution is -2.33. The topological polar surface area (TPSA) is 69.0 Å². The number of hydrogen-bond acceptors (Lipinski definition) is 6. The van der Waals surface area contributed by atoms with Gasteiger partial charge in [-0.3, -0.25) is 14.5 Å². The minimum atomic E-state index is -0.266. The molecule has 0 atom stereocenters. The molecule has 6 nitrogen and oxygen atoms in total. The summed E-state index contributed by atoms with van der Waals surface area (Å²) in [4.78, 5) is 27.9. The van der Waals surface area contributed by atoms with E-state index in [0.717, 1.165) is 11.5 Å². The van der Waals surface area contributed by atoms with Crippen molar-refractivity contribution in [1.29, 1.82) is 0 Å². The maximum absolute atomic E-state index is 13.1. The van der Waals surface area contributed by atoms with Crippen molar-refractivity contribution in [2.45, 2.75) is 26.0 Å². The van der Waals surface area contributed by atoms with E-state index in [1.807, 2.05) is 44.2 Å². The van der Waals surface area contributed by atoms with Crippen LogP contribution in [0.4, 0.5) is 0 Å². The quantitative estimate of drug-likeness (QED) is 0.406. The second-order valence-electron chi connectivity index (χ2n) is 6.34. The van der Waals surface area contributed by atoms with Crippen LogP contribution in [0, 0.1) is 0 Å². The van der Waals surface area contributed by atoms with E-state index >= 15 is 0 Å². The van der Waals surface area contributed by atoms with Crippen LogP contribution in [0.3, 0.4) is 0 Å². The molecule has 0 aliphatic carbocycles. The molecule has 2 amide bonds. The van der Waals surface area contributed by atoms with Crippen LogP contribution in [0.1, 0.15) is 31.6 Å². The molecule has 0 fully saturated rings. The van der Waals surface area contributed by atoms with Crippen LogP contribution < -0.4 is 4.74 Å². The molecule has 0 radical (unpaired) electrons. The van der Waals surface area contributed by atoms with Crippen molar-refractivity contribution >= 4 is 29.1 Å². The van der Waals surface area contributed by atoms with E-state index in [1.54, 1.807) is 12.3 Å². The minimum absolute atomic E-state index is 0.257. The molecule has 0 spiro atoms. The number of carbonyl (C=O) groups excluding carboxylic acids is 2. The van der Waals surface area contributed by atoms with Gasteiger partial charge in [0.25, 0.3) is 11.8 Å². The van der Waals surface area contributed by atoms with Crippen molar-refractivity contribution in [3.63, 3.8) is 0 Å². The van der Waals surface area contributed by atoms with Gasteiger partial charge in [0, 0.05) is 19.8 Å². The highest BCUT2D eigenvalue weighted by Gasteiger charge is 2.38. The number of rotatable bonds is 11. The number of imide groups is 1. The van der Waals surface area contributed by atoms with Crippen LogP contribution in [0.5, 0.6) is 5.75 Å². The molecule has 2 heterocycles. The first-order valence-electron chi connectivity index (χ1n) is 9.72. The molecule has 0 unspecified atom stereocenters. The first kappa shape index (κ1) is 21.2. The fourth-order valence-corrected chi connectivity index (χ4v) is 4.07. The van der Waals surface area contributed by atoms with Gasteiger partial charge in [-0.2, -0.15) is 0 Å². The number of furan rings is 1. The molecule has 154 valence electrons. The molecular formula is C22H25NO5S. The minimum Gasteiger partial charge on any atom is -0.494 e. The van der Waals surface area contributed by atoms with Gasteiger partial charge in [-0.05, 0) is 50.1 Å². The van der Waals surface area contributed by atoms with Crippen LogP contribution in [-0.2, 0) is 20.1 Å².